The van der Waals surface area contributed by atoms with E-state index in [1.54, 1.807) is 12.4 Å². The molecule has 6 heteroatoms. The van der Waals surface area contributed by atoms with E-state index in [9.17, 15) is 4.39 Å². The van der Waals surface area contributed by atoms with Gasteiger partial charge in [0, 0.05) is 31.7 Å². The zero-order valence-corrected chi connectivity index (χ0v) is 10.6. The molecule has 100 valence electrons. The first-order valence-electron chi connectivity index (χ1n) is 6.32. The molecule has 2 heterocycles. The van der Waals surface area contributed by atoms with Crippen molar-refractivity contribution in [3.63, 3.8) is 0 Å². The van der Waals surface area contributed by atoms with Crippen LogP contribution in [0.15, 0.2) is 24.5 Å². The van der Waals surface area contributed by atoms with Crippen LogP contribution in [0, 0.1) is 5.82 Å². The van der Waals surface area contributed by atoms with Crippen molar-refractivity contribution in [2.24, 2.45) is 5.73 Å². The summed E-state index contributed by atoms with van der Waals surface area (Å²) in [5.74, 6) is 0.755. The molecular formula is C13H16FN5. The minimum absolute atomic E-state index is 0.177. The third-order valence-corrected chi connectivity index (χ3v) is 3.46. The average molecular weight is 261 g/mol. The van der Waals surface area contributed by atoms with Crippen LogP contribution in [0.3, 0.4) is 0 Å². The highest BCUT2D eigenvalue weighted by Crippen LogP contribution is 2.16. The summed E-state index contributed by atoms with van der Waals surface area (Å²) < 4.78 is 15.8. The van der Waals surface area contributed by atoms with E-state index in [2.05, 4.69) is 15.1 Å². The molecule has 0 unspecified atom stereocenters. The van der Waals surface area contributed by atoms with E-state index in [0.29, 0.717) is 25.2 Å². The highest BCUT2D eigenvalue weighted by atomic mass is 19.1. The van der Waals surface area contributed by atoms with Crippen molar-refractivity contribution in [1.29, 1.82) is 0 Å². The van der Waals surface area contributed by atoms with Gasteiger partial charge in [-0.3, -0.25) is 4.90 Å². The summed E-state index contributed by atoms with van der Waals surface area (Å²) in [4.78, 5) is 2.17. The molecular weight excluding hydrogens is 245 g/mol. The van der Waals surface area contributed by atoms with Gasteiger partial charge in [-0.05, 0) is 11.6 Å². The summed E-state index contributed by atoms with van der Waals surface area (Å²) in [6, 6.07) is 5.06. The van der Waals surface area contributed by atoms with Gasteiger partial charge in [0.1, 0.15) is 18.0 Å². The maximum absolute atomic E-state index is 13.8. The summed E-state index contributed by atoms with van der Waals surface area (Å²) in [6.45, 7) is 3.43. The Bertz CT molecular complexity index is 580. The smallest absolute Gasteiger partial charge is 0.147 e. The SMILES string of the molecule is NCc1ccc(F)c(CN2CCn3cnnc3C2)c1. The summed E-state index contributed by atoms with van der Waals surface area (Å²) in [5, 5.41) is 7.95. The highest BCUT2D eigenvalue weighted by Gasteiger charge is 2.18. The van der Waals surface area contributed by atoms with Crippen molar-refractivity contribution in [1.82, 2.24) is 19.7 Å². The number of hydrogen-bond acceptors (Lipinski definition) is 4. The Morgan fingerprint density at radius 2 is 2.21 bits per heavy atom. The van der Waals surface area contributed by atoms with Crippen molar-refractivity contribution in [2.75, 3.05) is 6.54 Å². The summed E-state index contributed by atoms with van der Waals surface area (Å²) in [7, 11) is 0. The Labute approximate surface area is 110 Å². The first kappa shape index (κ1) is 12.3. The van der Waals surface area contributed by atoms with Gasteiger partial charge in [0.25, 0.3) is 0 Å². The van der Waals surface area contributed by atoms with Gasteiger partial charge in [0.15, 0.2) is 0 Å². The Balaban J connectivity index is 1.76. The average Bonchev–Trinajstić information content (AvgIpc) is 2.89. The topological polar surface area (TPSA) is 60.0 Å². The molecule has 0 saturated carbocycles. The number of nitrogens with zero attached hydrogens (tertiary/aromatic N) is 4. The molecule has 0 spiro atoms. The summed E-state index contributed by atoms with van der Waals surface area (Å²) >= 11 is 0. The van der Waals surface area contributed by atoms with Gasteiger partial charge < -0.3 is 10.3 Å². The molecule has 5 nitrogen and oxygen atoms in total. The van der Waals surface area contributed by atoms with E-state index in [4.69, 9.17) is 5.73 Å². The van der Waals surface area contributed by atoms with Crippen molar-refractivity contribution in [3.8, 4) is 0 Å². The monoisotopic (exact) mass is 261 g/mol. The zero-order chi connectivity index (χ0) is 13.2. The van der Waals surface area contributed by atoms with Gasteiger partial charge in [-0.2, -0.15) is 0 Å². The first-order chi connectivity index (χ1) is 9.26. The second-order valence-corrected chi connectivity index (χ2v) is 4.78. The predicted octanol–water partition coefficient (Wildman–Crippen LogP) is 0.892. The second kappa shape index (κ2) is 5.07. The number of fused-ring (bicyclic) bond motifs is 1. The van der Waals surface area contributed by atoms with E-state index < -0.39 is 0 Å². The maximum atomic E-state index is 13.8. The molecule has 0 amide bonds. The molecule has 3 rings (SSSR count). The lowest BCUT2D eigenvalue weighted by atomic mass is 10.1. The van der Waals surface area contributed by atoms with Crippen LogP contribution in [-0.4, -0.2) is 26.2 Å². The predicted molar refractivity (Wildman–Crippen MR) is 68.4 cm³/mol. The Morgan fingerprint density at radius 1 is 1.32 bits per heavy atom. The van der Waals surface area contributed by atoms with Crippen molar-refractivity contribution >= 4 is 0 Å². The van der Waals surface area contributed by atoms with Crippen LogP contribution in [0.4, 0.5) is 4.39 Å². The lowest BCUT2D eigenvalue weighted by Crippen LogP contribution is -2.33. The van der Waals surface area contributed by atoms with Crippen LogP contribution < -0.4 is 5.73 Å². The number of nitrogens with two attached hydrogens (primary N) is 1. The quantitative estimate of drug-likeness (QED) is 0.891. The van der Waals surface area contributed by atoms with E-state index in [0.717, 1.165) is 24.5 Å². The number of hydrogen-bond donors (Lipinski definition) is 1. The number of halogens is 1. The number of benzene rings is 1. The fourth-order valence-electron chi connectivity index (χ4n) is 2.37. The zero-order valence-electron chi connectivity index (χ0n) is 10.6. The molecule has 0 atom stereocenters. The van der Waals surface area contributed by atoms with Gasteiger partial charge >= 0.3 is 0 Å². The third-order valence-electron chi connectivity index (χ3n) is 3.46. The Morgan fingerprint density at radius 3 is 3.05 bits per heavy atom. The minimum Gasteiger partial charge on any atom is -0.326 e. The van der Waals surface area contributed by atoms with E-state index in [1.807, 2.05) is 10.6 Å². The highest BCUT2D eigenvalue weighted by molar-refractivity contribution is 5.25. The summed E-state index contributed by atoms with van der Waals surface area (Å²) in [5.41, 5.74) is 7.24. The fourth-order valence-corrected chi connectivity index (χ4v) is 2.37. The molecule has 0 radical (unpaired) electrons. The first-order valence-corrected chi connectivity index (χ1v) is 6.32. The van der Waals surface area contributed by atoms with E-state index >= 15 is 0 Å². The van der Waals surface area contributed by atoms with Crippen LogP contribution in [0.2, 0.25) is 0 Å². The molecule has 0 aliphatic carbocycles. The van der Waals surface area contributed by atoms with Crippen molar-refractivity contribution in [2.45, 2.75) is 26.2 Å². The molecule has 0 fully saturated rings. The maximum Gasteiger partial charge on any atom is 0.147 e. The lowest BCUT2D eigenvalue weighted by Gasteiger charge is -2.27. The standard InChI is InChI=1S/C13H16FN5/c14-12-2-1-10(6-15)5-11(12)7-18-3-4-19-9-16-17-13(19)8-18/h1-2,5,9H,3-4,6-8,15H2. The number of rotatable bonds is 3. The normalized spacial score (nSPS) is 15.5. The van der Waals surface area contributed by atoms with Crippen molar-refractivity contribution in [3.05, 3.63) is 47.3 Å². The van der Waals surface area contributed by atoms with Gasteiger partial charge in [0.05, 0.1) is 6.54 Å². The third kappa shape index (κ3) is 2.50. The molecule has 1 aromatic carbocycles. The Kier molecular flexibility index (Phi) is 3.27. The molecule has 1 aromatic heterocycles. The number of aromatic nitrogens is 3. The molecule has 0 bridgehead atoms. The molecule has 1 aliphatic rings. The van der Waals surface area contributed by atoms with Crippen LogP contribution >= 0.6 is 0 Å². The Hall–Kier alpha value is -1.79. The van der Waals surface area contributed by atoms with Crippen LogP contribution in [0.25, 0.3) is 0 Å². The largest absolute Gasteiger partial charge is 0.326 e. The molecule has 2 aromatic rings. The second-order valence-electron chi connectivity index (χ2n) is 4.78. The van der Waals surface area contributed by atoms with Crippen LogP contribution in [0.5, 0.6) is 0 Å². The van der Waals surface area contributed by atoms with E-state index in [-0.39, 0.29) is 5.82 Å². The van der Waals surface area contributed by atoms with Crippen LogP contribution in [0.1, 0.15) is 17.0 Å². The minimum atomic E-state index is -0.177. The van der Waals surface area contributed by atoms with Crippen LogP contribution in [-0.2, 0) is 26.2 Å². The fraction of sp³-hybridized carbons (Fsp3) is 0.385. The molecule has 1 aliphatic heterocycles. The molecule has 2 N–H and O–H groups in total. The van der Waals surface area contributed by atoms with Gasteiger partial charge in [-0.25, -0.2) is 4.39 Å². The van der Waals surface area contributed by atoms with E-state index in [1.165, 1.54) is 6.07 Å². The van der Waals surface area contributed by atoms with Crippen molar-refractivity contribution < 1.29 is 4.39 Å². The van der Waals surface area contributed by atoms with Gasteiger partial charge in [-0.15, -0.1) is 10.2 Å². The lowest BCUT2D eigenvalue weighted by molar-refractivity contribution is 0.206. The summed E-state index contributed by atoms with van der Waals surface area (Å²) in [6.07, 6.45) is 1.74. The molecule has 19 heavy (non-hydrogen) atoms. The van der Waals surface area contributed by atoms with Gasteiger partial charge in [0.2, 0.25) is 0 Å². The molecule has 0 saturated heterocycles. The van der Waals surface area contributed by atoms with Gasteiger partial charge in [-0.1, -0.05) is 12.1 Å².